The van der Waals surface area contributed by atoms with E-state index < -0.39 is 10.0 Å². The molecule has 2 saturated carbocycles. The summed E-state index contributed by atoms with van der Waals surface area (Å²) in [5.74, 6) is 0.550. The summed E-state index contributed by atoms with van der Waals surface area (Å²) in [6.07, 6.45) is 7.17. The number of hydrogen-bond donors (Lipinski definition) is 1. The molecule has 0 saturated heterocycles. The molecule has 0 radical (unpaired) electrons. The Morgan fingerprint density at radius 3 is 2.67 bits per heavy atom. The second kappa shape index (κ2) is 5.12. The summed E-state index contributed by atoms with van der Waals surface area (Å²) < 4.78 is 28.1. The molecule has 2 fully saturated rings. The van der Waals surface area contributed by atoms with Gasteiger partial charge in [-0.15, -0.1) is 0 Å². The molecular weight excluding hydrogens is 290 g/mol. The fourth-order valence-electron chi connectivity index (χ4n) is 2.91. The van der Waals surface area contributed by atoms with Crippen molar-refractivity contribution >= 4 is 15.9 Å². The van der Waals surface area contributed by atoms with Crippen LogP contribution in [-0.2, 0) is 14.8 Å². The smallest absolute Gasteiger partial charge is 0.267 e. The molecule has 1 aromatic rings. The maximum atomic E-state index is 12.2. The SMILES string of the molecule is CC(C)n1cc(S(=O)(=O)NC(=O)[C@@H]2C[C@H]2C2CCC2)cn1. The van der Waals surface area contributed by atoms with Gasteiger partial charge >= 0.3 is 0 Å². The van der Waals surface area contributed by atoms with Crippen LogP contribution in [0.1, 0.15) is 45.6 Å². The third-order valence-electron chi connectivity index (χ3n) is 4.58. The average Bonchev–Trinajstić information content (AvgIpc) is 2.91. The maximum Gasteiger partial charge on any atom is 0.267 e. The lowest BCUT2D eigenvalue weighted by Gasteiger charge is -2.25. The van der Waals surface area contributed by atoms with Gasteiger partial charge in [-0.25, -0.2) is 13.1 Å². The Morgan fingerprint density at radius 2 is 2.14 bits per heavy atom. The van der Waals surface area contributed by atoms with Crippen molar-refractivity contribution in [2.45, 2.75) is 50.5 Å². The van der Waals surface area contributed by atoms with Crippen LogP contribution in [0.15, 0.2) is 17.3 Å². The van der Waals surface area contributed by atoms with E-state index in [4.69, 9.17) is 0 Å². The Labute approximate surface area is 125 Å². The van der Waals surface area contributed by atoms with Gasteiger partial charge < -0.3 is 0 Å². The monoisotopic (exact) mass is 311 g/mol. The number of carbonyl (C=O) groups excluding carboxylic acids is 1. The molecule has 2 atom stereocenters. The molecule has 1 heterocycles. The molecule has 21 heavy (non-hydrogen) atoms. The zero-order valence-electron chi connectivity index (χ0n) is 12.3. The molecule has 0 aliphatic heterocycles. The highest BCUT2D eigenvalue weighted by Crippen LogP contribution is 2.51. The summed E-state index contributed by atoms with van der Waals surface area (Å²) in [6, 6.07) is 0.0797. The van der Waals surface area contributed by atoms with E-state index in [1.807, 2.05) is 13.8 Å². The second-order valence-electron chi connectivity index (χ2n) is 6.42. The van der Waals surface area contributed by atoms with Crippen LogP contribution in [0, 0.1) is 17.8 Å². The van der Waals surface area contributed by atoms with Crippen LogP contribution in [0.25, 0.3) is 0 Å². The lowest BCUT2D eigenvalue weighted by atomic mass is 9.81. The van der Waals surface area contributed by atoms with Crippen molar-refractivity contribution in [3.8, 4) is 0 Å². The quantitative estimate of drug-likeness (QED) is 0.897. The summed E-state index contributed by atoms with van der Waals surface area (Å²) in [5, 5.41) is 4.00. The highest BCUT2D eigenvalue weighted by Gasteiger charge is 2.49. The summed E-state index contributed by atoms with van der Waals surface area (Å²) in [6.45, 7) is 3.82. The van der Waals surface area contributed by atoms with E-state index >= 15 is 0 Å². The largest absolute Gasteiger partial charge is 0.274 e. The van der Waals surface area contributed by atoms with E-state index in [0.717, 1.165) is 6.42 Å². The van der Waals surface area contributed by atoms with E-state index in [-0.39, 0.29) is 22.8 Å². The van der Waals surface area contributed by atoms with Crippen LogP contribution in [-0.4, -0.2) is 24.1 Å². The van der Waals surface area contributed by atoms with E-state index in [2.05, 4.69) is 9.82 Å². The fraction of sp³-hybridized carbons (Fsp3) is 0.714. The molecule has 0 bridgehead atoms. The van der Waals surface area contributed by atoms with E-state index in [9.17, 15) is 13.2 Å². The number of sulfonamides is 1. The van der Waals surface area contributed by atoms with Crippen LogP contribution in [0.5, 0.6) is 0 Å². The van der Waals surface area contributed by atoms with Gasteiger partial charge in [-0.05, 0) is 32.1 Å². The number of amides is 1. The van der Waals surface area contributed by atoms with Crippen LogP contribution in [0.3, 0.4) is 0 Å². The van der Waals surface area contributed by atoms with Gasteiger partial charge in [0.15, 0.2) is 0 Å². The molecule has 0 unspecified atom stereocenters. The second-order valence-corrected chi connectivity index (χ2v) is 8.10. The van der Waals surface area contributed by atoms with Gasteiger partial charge in [-0.2, -0.15) is 5.10 Å². The number of hydrogen-bond acceptors (Lipinski definition) is 4. The minimum Gasteiger partial charge on any atom is -0.274 e. The number of carbonyl (C=O) groups is 1. The van der Waals surface area contributed by atoms with Crippen molar-refractivity contribution < 1.29 is 13.2 Å². The fourth-order valence-corrected chi connectivity index (χ4v) is 3.88. The molecule has 0 spiro atoms. The highest BCUT2D eigenvalue weighted by molar-refractivity contribution is 7.90. The van der Waals surface area contributed by atoms with E-state index in [1.54, 1.807) is 4.68 Å². The number of rotatable bonds is 5. The Hall–Kier alpha value is -1.37. The zero-order valence-corrected chi connectivity index (χ0v) is 13.1. The Morgan fingerprint density at radius 1 is 1.43 bits per heavy atom. The molecule has 6 nitrogen and oxygen atoms in total. The van der Waals surface area contributed by atoms with Crippen molar-refractivity contribution in [3.05, 3.63) is 12.4 Å². The third kappa shape index (κ3) is 2.84. The summed E-state index contributed by atoms with van der Waals surface area (Å²) in [5.41, 5.74) is 0. The summed E-state index contributed by atoms with van der Waals surface area (Å²) >= 11 is 0. The normalized spacial score (nSPS) is 25.7. The van der Waals surface area contributed by atoms with Crippen molar-refractivity contribution in [2.24, 2.45) is 17.8 Å². The molecule has 0 aromatic carbocycles. The lowest BCUT2D eigenvalue weighted by Crippen LogP contribution is -2.32. The van der Waals surface area contributed by atoms with Gasteiger partial charge in [0, 0.05) is 18.2 Å². The average molecular weight is 311 g/mol. The Kier molecular flexibility index (Phi) is 3.55. The van der Waals surface area contributed by atoms with Gasteiger partial charge in [0.05, 0.1) is 6.20 Å². The first-order valence-corrected chi connectivity index (χ1v) is 8.97. The Balaban J connectivity index is 1.64. The minimum absolute atomic E-state index is 0.0467. The van der Waals surface area contributed by atoms with Gasteiger partial charge in [0.1, 0.15) is 4.90 Å². The predicted octanol–water partition coefficient (Wildman–Crippen LogP) is 1.71. The predicted molar refractivity (Wildman–Crippen MR) is 76.9 cm³/mol. The molecule has 1 N–H and O–H groups in total. The Bertz CT molecular complexity index is 646. The van der Waals surface area contributed by atoms with Gasteiger partial charge in [-0.1, -0.05) is 19.3 Å². The molecule has 2 aliphatic carbocycles. The molecule has 7 heteroatoms. The molecule has 1 aromatic heterocycles. The third-order valence-corrected chi connectivity index (χ3v) is 5.89. The van der Waals surface area contributed by atoms with Crippen LogP contribution in [0.4, 0.5) is 0 Å². The first-order chi connectivity index (χ1) is 9.88. The van der Waals surface area contributed by atoms with Crippen molar-refractivity contribution in [2.75, 3.05) is 0 Å². The highest BCUT2D eigenvalue weighted by atomic mass is 32.2. The molecular formula is C14H21N3O3S. The topological polar surface area (TPSA) is 81.1 Å². The maximum absolute atomic E-state index is 12.2. The molecule has 3 rings (SSSR count). The van der Waals surface area contributed by atoms with Gasteiger partial charge in [0.25, 0.3) is 10.0 Å². The van der Waals surface area contributed by atoms with Crippen molar-refractivity contribution in [1.82, 2.24) is 14.5 Å². The standard InChI is InChI=1S/C14H21N3O3S/c1-9(2)17-8-11(7-15-17)21(19,20)16-14(18)13-6-12(13)10-4-3-5-10/h7-10,12-13H,3-6H2,1-2H3,(H,16,18)/t12-,13+/m0/s1. The molecule has 2 aliphatic rings. The van der Waals surface area contributed by atoms with Crippen LogP contribution >= 0.6 is 0 Å². The van der Waals surface area contributed by atoms with E-state index in [1.165, 1.54) is 31.7 Å². The lowest BCUT2D eigenvalue weighted by molar-refractivity contribution is -0.121. The van der Waals surface area contributed by atoms with E-state index in [0.29, 0.717) is 11.8 Å². The summed E-state index contributed by atoms with van der Waals surface area (Å²) in [7, 11) is -3.80. The zero-order chi connectivity index (χ0) is 15.2. The minimum atomic E-state index is -3.80. The first kappa shape index (κ1) is 14.6. The summed E-state index contributed by atoms with van der Waals surface area (Å²) in [4.78, 5) is 12.1. The number of nitrogens with zero attached hydrogens (tertiary/aromatic N) is 2. The van der Waals surface area contributed by atoms with Gasteiger partial charge in [0.2, 0.25) is 5.91 Å². The van der Waals surface area contributed by atoms with Gasteiger partial charge in [-0.3, -0.25) is 9.48 Å². The molecule has 1 amide bonds. The van der Waals surface area contributed by atoms with Crippen LogP contribution < -0.4 is 4.72 Å². The number of nitrogens with one attached hydrogen (secondary N) is 1. The molecule has 116 valence electrons. The van der Waals surface area contributed by atoms with Crippen molar-refractivity contribution in [1.29, 1.82) is 0 Å². The number of aromatic nitrogens is 2. The van der Waals surface area contributed by atoms with Crippen molar-refractivity contribution in [3.63, 3.8) is 0 Å². The first-order valence-electron chi connectivity index (χ1n) is 7.49. The van der Waals surface area contributed by atoms with Crippen LogP contribution in [0.2, 0.25) is 0 Å².